The molecular weight excluding hydrogens is 478 g/mol. The van der Waals surface area contributed by atoms with Crippen molar-refractivity contribution in [2.24, 2.45) is 28.1 Å². The Morgan fingerprint density at radius 1 is 0.943 bits per heavy atom. The number of amides is 3. The Morgan fingerprint density at radius 2 is 1.54 bits per heavy atom. The molecule has 11 N–H and O–H groups in total. The third-order valence-electron chi connectivity index (χ3n) is 4.93. The van der Waals surface area contributed by atoms with Crippen LogP contribution in [0.4, 0.5) is 0 Å². The molecule has 202 valence electrons. The number of nitrogens with two attached hydrogens (primary N) is 3. The summed E-state index contributed by atoms with van der Waals surface area (Å²) in [5, 5.41) is 26.8. The van der Waals surface area contributed by atoms with Gasteiger partial charge in [-0.1, -0.05) is 13.8 Å². The normalized spacial score (nSPS) is 15.3. The van der Waals surface area contributed by atoms with E-state index < -0.39 is 54.0 Å². The van der Waals surface area contributed by atoms with Gasteiger partial charge in [-0.05, 0) is 50.5 Å². The summed E-state index contributed by atoms with van der Waals surface area (Å²) in [5.74, 6) is -2.88. The smallest absolute Gasteiger partial charge is 0.326 e. The van der Waals surface area contributed by atoms with Crippen LogP contribution >= 0.6 is 11.8 Å². The molecule has 0 aliphatic heterocycles. The summed E-state index contributed by atoms with van der Waals surface area (Å²) in [4.78, 5) is 53.4. The zero-order valence-corrected chi connectivity index (χ0v) is 21.6. The van der Waals surface area contributed by atoms with E-state index in [9.17, 15) is 29.4 Å². The fourth-order valence-corrected chi connectivity index (χ4v) is 3.52. The van der Waals surface area contributed by atoms with E-state index in [2.05, 4.69) is 20.9 Å². The van der Waals surface area contributed by atoms with Crippen LogP contribution in [0.2, 0.25) is 0 Å². The molecular formula is C21H41N7O6S. The third kappa shape index (κ3) is 13.8. The molecule has 5 unspecified atom stereocenters. The standard InChI is InChI=1S/C21H41N7O6S/c1-11(2)10-15(27-17(30)13(22)6-5-8-25-21(23)24)18(31)28-16(12(3)29)19(32)26-14(20(33)34)7-9-35-4/h11-16,29H,5-10,22H2,1-4H3,(H,26,32)(H,27,30)(H,28,31)(H,33,34)(H4,23,24,25). The third-order valence-corrected chi connectivity index (χ3v) is 5.58. The average molecular weight is 520 g/mol. The number of guanidine groups is 1. The van der Waals surface area contributed by atoms with Crippen LogP contribution in [-0.2, 0) is 19.2 Å². The number of nitrogens with zero attached hydrogens (tertiary/aromatic N) is 1. The predicted octanol–water partition coefficient (Wildman–Crippen LogP) is -1.91. The Kier molecular flexibility index (Phi) is 15.7. The molecule has 0 bridgehead atoms. The molecule has 0 saturated carbocycles. The molecule has 14 heteroatoms. The van der Waals surface area contributed by atoms with E-state index in [4.69, 9.17) is 17.2 Å². The Hall–Kier alpha value is -2.58. The zero-order chi connectivity index (χ0) is 27.1. The predicted molar refractivity (Wildman–Crippen MR) is 135 cm³/mol. The lowest BCUT2D eigenvalue weighted by Gasteiger charge is -2.27. The Labute approximate surface area is 210 Å². The second-order valence-corrected chi connectivity index (χ2v) is 9.64. The highest BCUT2D eigenvalue weighted by Crippen LogP contribution is 2.08. The summed E-state index contributed by atoms with van der Waals surface area (Å²) in [5.41, 5.74) is 16.4. The summed E-state index contributed by atoms with van der Waals surface area (Å²) in [6.45, 7) is 5.30. The second kappa shape index (κ2) is 16.9. The largest absolute Gasteiger partial charge is 0.480 e. The minimum Gasteiger partial charge on any atom is -0.480 e. The first kappa shape index (κ1) is 32.4. The van der Waals surface area contributed by atoms with Gasteiger partial charge < -0.3 is 43.4 Å². The number of aliphatic carboxylic acids is 1. The van der Waals surface area contributed by atoms with E-state index in [0.717, 1.165) is 0 Å². The molecule has 13 nitrogen and oxygen atoms in total. The lowest BCUT2D eigenvalue weighted by molar-refractivity contribution is -0.143. The van der Waals surface area contributed by atoms with Crippen LogP contribution in [0.15, 0.2) is 4.99 Å². The maximum atomic E-state index is 13.0. The SMILES string of the molecule is CSCCC(NC(=O)C(NC(=O)C(CC(C)C)NC(=O)C(N)CCCN=C(N)N)C(C)O)C(=O)O. The lowest BCUT2D eigenvalue weighted by Crippen LogP contribution is -2.60. The van der Waals surface area contributed by atoms with Gasteiger partial charge in [0.2, 0.25) is 17.7 Å². The van der Waals surface area contributed by atoms with Crippen LogP contribution in [0.25, 0.3) is 0 Å². The number of carboxylic acid groups (broad SMARTS) is 1. The van der Waals surface area contributed by atoms with Gasteiger partial charge in [0.1, 0.15) is 18.1 Å². The molecule has 35 heavy (non-hydrogen) atoms. The molecule has 0 saturated heterocycles. The summed E-state index contributed by atoms with van der Waals surface area (Å²) < 4.78 is 0. The van der Waals surface area contributed by atoms with Crippen molar-refractivity contribution in [3.63, 3.8) is 0 Å². The minimum absolute atomic E-state index is 0.00547. The molecule has 0 aliphatic carbocycles. The van der Waals surface area contributed by atoms with E-state index in [1.165, 1.54) is 18.7 Å². The van der Waals surface area contributed by atoms with E-state index in [1.54, 1.807) is 6.26 Å². The van der Waals surface area contributed by atoms with Crippen LogP contribution < -0.4 is 33.2 Å². The highest BCUT2D eigenvalue weighted by molar-refractivity contribution is 7.98. The van der Waals surface area contributed by atoms with Gasteiger partial charge >= 0.3 is 5.97 Å². The number of carboxylic acids is 1. The lowest BCUT2D eigenvalue weighted by atomic mass is 10.0. The minimum atomic E-state index is -1.42. The fraction of sp³-hybridized carbons (Fsp3) is 0.762. The average Bonchev–Trinajstić information content (AvgIpc) is 2.75. The first-order valence-electron chi connectivity index (χ1n) is 11.4. The van der Waals surface area contributed by atoms with Gasteiger partial charge in [-0.15, -0.1) is 0 Å². The van der Waals surface area contributed by atoms with Gasteiger partial charge in [0.25, 0.3) is 0 Å². The van der Waals surface area contributed by atoms with Gasteiger partial charge in [0.15, 0.2) is 5.96 Å². The maximum absolute atomic E-state index is 13.0. The quantitative estimate of drug-likeness (QED) is 0.0602. The van der Waals surface area contributed by atoms with E-state index >= 15 is 0 Å². The van der Waals surface area contributed by atoms with Crippen LogP contribution in [0, 0.1) is 5.92 Å². The Balaban J connectivity index is 5.29. The van der Waals surface area contributed by atoms with Crippen molar-refractivity contribution in [3.8, 4) is 0 Å². The Morgan fingerprint density at radius 3 is 2.03 bits per heavy atom. The number of thioether (sulfide) groups is 1. The number of hydrogen-bond acceptors (Lipinski definition) is 8. The number of carbonyl (C=O) groups excluding carboxylic acids is 3. The molecule has 0 aliphatic rings. The summed E-state index contributed by atoms with van der Waals surface area (Å²) in [7, 11) is 0. The number of carbonyl (C=O) groups is 4. The number of rotatable bonds is 17. The second-order valence-electron chi connectivity index (χ2n) is 8.65. The highest BCUT2D eigenvalue weighted by Gasteiger charge is 2.32. The monoisotopic (exact) mass is 519 g/mol. The fourth-order valence-electron chi connectivity index (χ4n) is 3.05. The van der Waals surface area contributed by atoms with Crippen LogP contribution in [-0.4, -0.2) is 88.7 Å². The molecule has 0 aromatic rings. The maximum Gasteiger partial charge on any atom is 0.326 e. The number of hydrogen-bond donors (Lipinski definition) is 8. The van der Waals surface area contributed by atoms with Crippen molar-refractivity contribution >= 4 is 41.4 Å². The van der Waals surface area contributed by atoms with Gasteiger partial charge in [-0.2, -0.15) is 11.8 Å². The van der Waals surface area contributed by atoms with E-state index in [1.807, 2.05) is 13.8 Å². The number of aliphatic hydroxyl groups is 1. The van der Waals surface area contributed by atoms with Gasteiger partial charge in [-0.25, -0.2) is 4.79 Å². The van der Waals surface area contributed by atoms with Gasteiger partial charge in [-0.3, -0.25) is 19.4 Å². The molecule has 5 atom stereocenters. The summed E-state index contributed by atoms with van der Waals surface area (Å²) in [6.07, 6.45) is 1.65. The van der Waals surface area contributed by atoms with Crippen molar-refractivity contribution < 1.29 is 29.4 Å². The van der Waals surface area contributed by atoms with Crippen molar-refractivity contribution in [1.29, 1.82) is 0 Å². The van der Waals surface area contributed by atoms with Crippen LogP contribution in [0.3, 0.4) is 0 Å². The number of nitrogens with one attached hydrogen (secondary N) is 3. The molecule has 0 aromatic heterocycles. The van der Waals surface area contributed by atoms with Crippen molar-refractivity contribution in [1.82, 2.24) is 16.0 Å². The van der Waals surface area contributed by atoms with Crippen LogP contribution in [0.1, 0.15) is 46.5 Å². The molecule has 0 spiro atoms. The zero-order valence-electron chi connectivity index (χ0n) is 20.8. The summed E-state index contributed by atoms with van der Waals surface area (Å²) in [6, 6.07) is -4.52. The molecule has 0 radical (unpaired) electrons. The molecule has 0 aromatic carbocycles. The van der Waals surface area contributed by atoms with Crippen molar-refractivity contribution in [2.75, 3.05) is 18.6 Å². The van der Waals surface area contributed by atoms with E-state index in [-0.39, 0.29) is 31.1 Å². The number of aliphatic hydroxyl groups excluding tert-OH is 1. The first-order valence-corrected chi connectivity index (χ1v) is 12.8. The van der Waals surface area contributed by atoms with Gasteiger partial charge in [0.05, 0.1) is 12.1 Å². The van der Waals surface area contributed by atoms with Crippen LogP contribution in [0.5, 0.6) is 0 Å². The molecule has 0 rings (SSSR count). The topological polar surface area (TPSA) is 235 Å². The van der Waals surface area contributed by atoms with Gasteiger partial charge in [0, 0.05) is 6.54 Å². The van der Waals surface area contributed by atoms with Crippen molar-refractivity contribution in [2.45, 2.75) is 76.7 Å². The Bertz CT molecular complexity index is 731. The van der Waals surface area contributed by atoms with E-state index in [0.29, 0.717) is 18.7 Å². The van der Waals surface area contributed by atoms with Crippen molar-refractivity contribution in [3.05, 3.63) is 0 Å². The summed E-state index contributed by atoms with van der Waals surface area (Å²) >= 11 is 1.42. The molecule has 3 amide bonds. The molecule has 0 fully saturated rings. The molecule has 0 heterocycles. The first-order chi connectivity index (χ1) is 16.3. The highest BCUT2D eigenvalue weighted by atomic mass is 32.2. The number of aliphatic imine (C=N–C) groups is 1.